The molecule has 1 unspecified atom stereocenters. The van der Waals surface area contributed by atoms with Gasteiger partial charge in [-0.3, -0.25) is 0 Å². The zero-order valence-electron chi connectivity index (χ0n) is 32.8. The quantitative estimate of drug-likeness (QED) is 0.0630. The first-order valence-electron chi connectivity index (χ1n) is 20.0. The molecule has 0 bridgehead atoms. The molecule has 0 heteroatoms. The summed E-state index contributed by atoms with van der Waals surface area (Å²) in [5.74, 6) is 20.7. The molecule has 0 saturated heterocycles. The van der Waals surface area contributed by atoms with Gasteiger partial charge in [0.05, 0.1) is 0 Å². The minimum absolute atomic E-state index is 0.802. The van der Waals surface area contributed by atoms with Crippen LogP contribution in [0.1, 0.15) is 236 Å². The van der Waals surface area contributed by atoms with Crippen LogP contribution in [-0.2, 0) is 0 Å². The van der Waals surface area contributed by atoms with E-state index in [4.69, 9.17) is 0 Å². The Hall–Kier alpha value is -1.32. The largest absolute Gasteiger partial charge is 0.107 e. The topological polar surface area (TPSA) is 0 Å². The lowest BCUT2D eigenvalue weighted by Crippen LogP contribution is -1.91. The van der Waals surface area contributed by atoms with E-state index < -0.39 is 0 Å². The number of hydrogen-bond donors (Lipinski definition) is 0. The fourth-order valence-electron chi connectivity index (χ4n) is 5.24. The van der Waals surface area contributed by atoms with Crippen molar-refractivity contribution in [2.75, 3.05) is 0 Å². The molecule has 0 fully saturated rings. The van der Waals surface area contributed by atoms with Gasteiger partial charge in [0, 0.05) is 19.3 Å². The molecular formula is C45H84. The van der Waals surface area contributed by atoms with Gasteiger partial charge in [-0.25, -0.2) is 0 Å². The Balaban J connectivity index is -0.000000635. The van der Waals surface area contributed by atoms with Gasteiger partial charge in [-0.15, -0.1) is 35.5 Å². The molecule has 0 aromatic rings. The van der Waals surface area contributed by atoms with Crippen LogP contribution in [0.2, 0.25) is 0 Å². The van der Waals surface area contributed by atoms with Crippen molar-refractivity contribution in [2.24, 2.45) is 17.8 Å². The second kappa shape index (κ2) is 44.8. The van der Waals surface area contributed by atoms with E-state index in [0.717, 1.165) is 37.0 Å². The summed E-state index contributed by atoms with van der Waals surface area (Å²) in [5.41, 5.74) is 0. The van der Waals surface area contributed by atoms with E-state index in [2.05, 4.69) is 77.1 Å². The summed E-state index contributed by atoms with van der Waals surface area (Å²) >= 11 is 0. The van der Waals surface area contributed by atoms with Gasteiger partial charge >= 0.3 is 0 Å². The van der Waals surface area contributed by atoms with Crippen LogP contribution in [0, 0.1) is 53.3 Å². The van der Waals surface area contributed by atoms with Gasteiger partial charge in [-0.1, -0.05) is 176 Å². The number of rotatable bonds is 27. The number of unbranched alkanes of at least 4 members (excludes halogenated alkanes) is 20. The summed E-state index contributed by atoms with van der Waals surface area (Å²) in [5, 5.41) is 0. The van der Waals surface area contributed by atoms with Crippen LogP contribution in [0.25, 0.3) is 0 Å². The normalized spacial score (nSPS) is 10.7. The third-order valence-electron chi connectivity index (χ3n) is 8.66. The van der Waals surface area contributed by atoms with Crippen molar-refractivity contribution in [1.82, 2.24) is 0 Å². The van der Waals surface area contributed by atoms with Crippen molar-refractivity contribution in [3.05, 3.63) is 0 Å². The summed E-state index contributed by atoms with van der Waals surface area (Å²) in [6, 6.07) is 0. The van der Waals surface area contributed by atoms with Crippen molar-refractivity contribution in [2.45, 2.75) is 236 Å². The molecule has 0 aromatic carbocycles. The van der Waals surface area contributed by atoms with Crippen LogP contribution >= 0.6 is 0 Å². The second-order valence-electron chi connectivity index (χ2n) is 14.3. The molecule has 0 aliphatic rings. The monoisotopic (exact) mass is 625 g/mol. The zero-order chi connectivity index (χ0) is 34.1. The fourth-order valence-corrected chi connectivity index (χ4v) is 5.24. The standard InChI is InChI=1S/C19H36.C18H34.C8H14/c1-4-6-7-8-9-10-11-12-13-14-15-16-17-18-19(3)5-2;1-4-5-6-7-8-9-10-11-12-13-14-15-16-17-18(2)3;1-4-5-6-7-8(2)3/h19H,5,7-18H2,1-3H3;18H,6-17H2,1-3H3;8H,6-7H2,1-3H3. The Morgan fingerprint density at radius 1 is 0.333 bits per heavy atom. The highest BCUT2D eigenvalue weighted by Gasteiger charge is 1.98. The van der Waals surface area contributed by atoms with Crippen LogP contribution in [0.3, 0.4) is 0 Å². The van der Waals surface area contributed by atoms with Crippen LogP contribution in [0.15, 0.2) is 0 Å². The highest BCUT2D eigenvalue weighted by atomic mass is 14.0. The van der Waals surface area contributed by atoms with Crippen LogP contribution < -0.4 is 0 Å². The summed E-state index contributed by atoms with van der Waals surface area (Å²) in [6.45, 7) is 19.5. The first kappa shape index (κ1) is 48.1. The minimum atomic E-state index is 0.802. The van der Waals surface area contributed by atoms with E-state index in [-0.39, 0.29) is 0 Å². The van der Waals surface area contributed by atoms with Crippen LogP contribution in [-0.4, -0.2) is 0 Å². The molecule has 0 saturated carbocycles. The first-order chi connectivity index (χ1) is 21.8. The Morgan fingerprint density at radius 3 is 0.933 bits per heavy atom. The molecule has 0 amide bonds. The summed E-state index contributed by atoms with van der Waals surface area (Å²) in [4.78, 5) is 0. The van der Waals surface area contributed by atoms with Gasteiger partial charge in [-0.05, 0) is 57.8 Å². The Kier molecular flexibility index (Phi) is 47.9. The van der Waals surface area contributed by atoms with Crippen molar-refractivity contribution < 1.29 is 0 Å². The first-order valence-corrected chi connectivity index (χ1v) is 20.0. The third kappa shape index (κ3) is 55.5. The Labute approximate surface area is 288 Å². The van der Waals surface area contributed by atoms with Crippen molar-refractivity contribution in [3.8, 4) is 35.5 Å². The average molecular weight is 625 g/mol. The predicted molar refractivity (Wildman–Crippen MR) is 210 cm³/mol. The molecular weight excluding hydrogens is 540 g/mol. The van der Waals surface area contributed by atoms with Gasteiger partial charge in [0.25, 0.3) is 0 Å². The molecule has 1 atom stereocenters. The maximum absolute atomic E-state index is 3.14. The molecule has 0 heterocycles. The molecule has 0 aromatic heterocycles. The fraction of sp³-hybridized carbons (Fsp3) is 0.867. The highest BCUT2D eigenvalue weighted by molar-refractivity contribution is 4.95. The van der Waals surface area contributed by atoms with Crippen molar-refractivity contribution in [3.63, 3.8) is 0 Å². The molecule has 0 nitrogen and oxygen atoms in total. The molecule has 0 aliphatic heterocycles. The Bertz CT molecular complexity index is 706. The van der Waals surface area contributed by atoms with Gasteiger partial charge in [0.2, 0.25) is 0 Å². The summed E-state index contributed by atoms with van der Waals surface area (Å²) < 4.78 is 0. The Morgan fingerprint density at radius 2 is 0.622 bits per heavy atom. The van der Waals surface area contributed by atoms with Crippen molar-refractivity contribution >= 4 is 0 Å². The molecule has 0 spiro atoms. The molecule has 45 heavy (non-hydrogen) atoms. The van der Waals surface area contributed by atoms with Crippen molar-refractivity contribution in [1.29, 1.82) is 0 Å². The summed E-state index contributed by atoms with van der Waals surface area (Å²) in [7, 11) is 0. The maximum atomic E-state index is 3.14. The maximum Gasteiger partial charge on any atom is 0.00910 e. The zero-order valence-corrected chi connectivity index (χ0v) is 32.8. The second-order valence-corrected chi connectivity index (χ2v) is 14.3. The van der Waals surface area contributed by atoms with E-state index in [9.17, 15) is 0 Å². The minimum Gasteiger partial charge on any atom is -0.107 e. The highest BCUT2D eigenvalue weighted by Crippen LogP contribution is 2.16. The smallest absolute Gasteiger partial charge is 0.00910 e. The van der Waals surface area contributed by atoms with E-state index in [1.54, 1.807) is 0 Å². The molecule has 0 N–H and O–H groups in total. The molecule has 264 valence electrons. The van der Waals surface area contributed by atoms with E-state index in [0.29, 0.717) is 0 Å². The van der Waals surface area contributed by atoms with Gasteiger partial charge in [0.1, 0.15) is 0 Å². The molecule has 0 aliphatic carbocycles. The third-order valence-corrected chi connectivity index (χ3v) is 8.66. The lowest BCUT2D eigenvalue weighted by Gasteiger charge is -2.07. The van der Waals surface area contributed by atoms with E-state index in [1.807, 2.05) is 20.8 Å². The van der Waals surface area contributed by atoms with E-state index in [1.165, 1.54) is 154 Å². The SMILES string of the molecule is CC#CCCC(C)C.CC#CCCCCCCCCCCCCC(C)C.CC#CCCCCCCCCCCCCC(C)CC. The summed E-state index contributed by atoms with van der Waals surface area (Å²) in [6.07, 6.45) is 37.2. The predicted octanol–water partition coefficient (Wildman–Crippen LogP) is 15.5. The van der Waals surface area contributed by atoms with Crippen LogP contribution in [0.5, 0.6) is 0 Å². The van der Waals surface area contributed by atoms with Crippen LogP contribution in [0.4, 0.5) is 0 Å². The number of hydrogen-bond acceptors (Lipinski definition) is 0. The average Bonchev–Trinajstić information content (AvgIpc) is 3.02. The van der Waals surface area contributed by atoms with Gasteiger partial charge in [0.15, 0.2) is 0 Å². The lowest BCUT2D eigenvalue weighted by atomic mass is 9.99. The molecule has 0 rings (SSSR count). The lowest BCUT2D eigenvalue weighted by molar-refractivity contribution is 0.469. The molecule has 0 radical (unpaired) electrons. The van der Waals surface area contributed by atoms with E-state index >= 15 is 0 Å². The van der Waals surface area contributed by atoms with Gasteiger partial charge < -0.3 is 0 Å². The van der Waals surface area contributed by atoms with Gasteiger partial charge in [-0.2, -0.15) is 0 Å².